The van der Waals surface area contributed by atoms with Crippen molar-refractivity contribution in [3.05, 3.63) is 28.8 Å². The van der Waals surface area contributed by atoms with Crippen molar-refractivity contribution in [2.75, 3.05) is 0 Å². The summed E-state index contributed by atoms with van der Waals surface area (Å²) in [5.41, 5.74) is 0.0397. The molecule has 0 aliphatic carbocycles. The number of halogens is 7. The summed E-state index contributed by atoms with van der Waals surface area (Å²) in [6.07, 6.45) is -15.3. The van der Waals surface area contributed by atoms with Gasteiger partial charge in [0.15, 0.2) is 5.78 Å². The first kappa shape index (κ1) is 16.6. The topological polar surface area (TPSA) is 26.3 Å². The number of hydrogen-bond acceptors (Lipinski definition) is 2. The van der Waals surface area contributed by atoms with E-state index < -0.39 is 35.0 Å². The predicted molar refractivity (Wildman–Crippen MR) is 58.0 cm³/mol. The molecule has 0 N–H and O–H groups in total. The van der Waals surface area contributed by atoms with Crippen LogP contribution in [0.1, 0.15) is 17.3 Å². The number of ketones is 1. The number of carbonyl (C=O) groups excluding carboxylic acids is 1. The zero-order valence-electron chi connectivity index (χ0n) is 9.77. The number of hydrogen-bond donors (Lipinski definition) is 0. The maximum Gasteiger partial charge on any atom is 0.434 e. The molecule has 0 aliphatic rings. The molecule has 9 heteroatoms. The molecule has 0 aliphatic heterocycles. The maximum atomic E-state index is 12.3. The predicted octanol–water partition coefficient (Wildman–Crippen LogP) is 4.41. The van der Waals surface area contributed by atoms with Crippen LogP contribution in [-0.2, 0) is 0 Å². The van der Waals surface area contributed by atoms with Gasteiger partial charge in [-0.05, 0) is 25.1 Å². The molecule has 0 amide bonds. The summed E-state index contributed by atoms with van der Waals surface area (Å²) in [5.74, 6) is -1.25. The molecule has 0 atom stereocenters. The van der Waals surface area contributed by atoms with Gasteiger partial charge in [0.05, 0.1) is 5.02 Å². The van der Waals surface area contributed by atoms with Gasteiger partial charge in [-0.2, -0.15) is 26.3 Å². The summed E-state index contributed by atoms with van der Waals surface area (Å²) in [4.78, 5) is 11.0. The van der Waals surface area contributed by atoms with Gasteiger partial charge in [0.25, 0.3) is 6.10 Å². The van der Waals surface area contributed by atoms with Crippen molar-refractivity contribution < 1.29 is 35.9 Å². The lowest BCUT2D eigenvalue weighted by Crippen LogP contribution is -2.46. The Balaban J connectivity index is 3.10. The third kappa shape index (κ3) is 4.03. The fourth-order valence-corrected chi connectivity index (χ4v) is 1.49. The van der Waals surface area contributed by atoms with Crippen molar-refractivity contribution in [1.29, 1.82) is 0 Å². The minimum absolute atomic E-state index is 0.0397. The van der Waals surface area contributed by atoms with Gasteiger partial charge in [0.2, 0.25) is 0 Å². The summed E-state index contributed by atoms with van der Waals surface area (Å²) in [7, 11) is 0. The number of carbonyl (C=O) groups is 1. The van der Waals surface area contributed by atoms with E-state index in [1.54, 1.807) is 0 Å². The molecule has 0 saturated heterocycles. The highest BCUT2D eigenvalue weighted by molar-refractivity contribution is 6.32. The first-order chi connectivity index (χ1) is 8.93. The Labute approximate surface area is 114 Å². The molecule has 0 saturated carbocycles. The van der Waals surface area contributed by atoms with Crippen molar-refractivity contribution in [3.8, 4) is 5.75 Å². The van der Waals surface area contributed by atoms with Gasteiger partial charge in [-0.15, -0.1) is 0 Å². The Hall–Kier alpha value is -1.44. The summed E-state index contributed by atoms with van der Waals surface area (Å²) in [6, 6.07) is 2.74. The number of Topliss-reactive ketones (excluding diaryl/α,β-unsaturated/α-hetero) is 1. The van der Waals surface area contributed by atoms with Crippen LogP contribution in [0.2, 0.25) is 5.02 Å². The van der Waals surface area contributed by atoms with Crippen LogP contribution >= 0.6 is 11.6 Å². The van der Waals surface area contributed by atoms with Gasteiger partial charge in [0.1, 0.15) is 5.75 Å². The van der Waals surface area contributed by atoms with Gasteiger partial charge >= 0.3 is 12.4 Å². The highest BCUT2D eigenvalue weighted by Crippen LogP contribution is 2.38. The molecule has 1 aromatic rings. The van der Waals surface area contributed by atoms with Crippen molar-refractivity contribution in [2.45, 2.75) is 25.4 Å². The molecular formula is C11H7ClF6O2. The van der Waals surface area contributed by atoms with Gasteiger partial charge in [-0.3, -0.25) is 4.79 Å². The van der Waals surface area contributed by atoms with E-state index in [4.69, 9.17) is 11.6 Å². The molecule has 0 aromatic heterocycles. The van der Waals surface area contributed by atoms with E-state index in [0.29, 0.717) is 0 Å². The highest BCUT2D eigenvalue weighted by Gasteiger charge is 2.59. The van der Waals surface area contributed by atoms with E-state index in [1.165, 1.54) is 6.92 Å². The minimum Gasteiger partial charge on any atom is -0.470 e. The van der Waals surface area contributed by atoms with Crippen LogP contribution in [0.25, 0.3) is 0 Å². The van der Waals surface area contributed by atoms with Gasteiger partial charge < -0.3 is 4.74 Å². The van der Waals surface area contributed by atoms with E-state index in [9.17, 15) is 31.1 Å². The van der Waals surface area contributed by atoms with Crippen molar-refractivity contribution in [3.63, 3.8) is 0 Å². The molecular weight excluding hydrogens is 314 g/mol. The van der Waals surface area contributed by atoms with Crippen LogP contribution in [0.4, 0.5) is 26.3 Å². The second kappa shape index (κ2) is 5.51. The van der Waals surface area contributed by atoms with Crippen molar-refractivity contribution >= 4 is 17.4 Å². The number of alkyl halides is 6. The zero-order valence-corrected chi connectivity index (χ0v) is 10.5. The molecule has 0 radical (unpaired) electrons. The van der Waals surface area contributed by atoms with E-state index in [2.05, 4.69) is 4.74 Å². The molecule has 112 valence electrons. The summed E-state index contributed by atoms with van der Waals surface area (Å²) in [5, 5.41) is -0.517. The fraction of sp³-hybridized carbons (Fsp3) is 0.364. The van der Waals surface area contributed by atoms with Crippen LogP contribution in [0.15, 0.2) is 18.2 Å². The summed E-state index contributed by atoms with van der Waals surface area (Å²) >= 11 is 5.51. The molecule has 0 unspecified atom stereocenters. The normalized spacial score (nSPS) is 12.7. The van der Waals surface area contributed by atoms with Gasteiger partial charge in [-0.1, -0.05) is 11.6 Å². The van der Waals surface area contributed by atoms with E-state index in [1.807, 2.05) is 0 Å². The Morgan fingerprint density at radius 1 is 1.15 bits per heavy atom. The van der Waals surface area contributed by atoms with Crippen molar-refractivity contribution in [2.24, 2.45) is 0 Å². The van der Waals surface area contributed by atoms with Gasteiger partial charge in [0, 0.05) is 5.56 Å². The zero-order chi connectivity index (χ0) is 15.7. The number of ether oxygens (including phenoxy) is 1. The molecule has 0 bridgehead atoms. The number of rotatable bonds is 3. The average molecular weight is 321 g/mol. The maximum absolute atomic E-state index is 12.3. The quantitative estimate of drug-likeness (QED) is 0.609. The molecule has 0 spiro atoms. The third-order valence-corrected chi connectivity index (χ3v) is 2.47. The molecule has 1 aromatic carbocycles. The van der Waals surface area contributed by atoms with Crippen LogP contribution in [0, 0.1) is 0 Å². The molecule has 1 rings (SSSR count). The fourth-order valence-electron chi connectivity index (χ4n) is 1.26. The Bertz CT molecular complexity index is 495. The Kier molecular flexibility index (Phi) is 4.58. The van der Waals surface area contributed by atoms with E-state index >= 15 is 0 Å². The van der Waals surface area contributed by atoms with E-state index in [-0.39, 0.29) is 5.56 Å². The van der Waals surface area contributed by atoms with Crippen LogP contribution in [0.5, 0.6) is 5.75 Å². The summed E-state index contributed by atoms with van der Waals surface area (Å²) in [6.45, 7) is 1.17. The largest absolute Gasteiger partial charge is 0.470 e. The second-order valence-corrected chi connectivity index (χ2v) is 4.19. The highest BCUT2D eigenvalue weighted by atomic mass is 35.5. The Morgan fingerprint density at radius 3 is 2.00 bits per heavy atom. The SMILES string of the molecule is CC(=O)c1ccc(OC(C(F)(F)F)C(F)(F)F)c(Cl)c1. The lowest BCUT2D eigenvalue weighted by Gasteiger charge is -2.24. The molecule has 2 nitrogen and oxygen atoms in total. The first-order valence-corrected chi connectivity index (χ1v) is 5.41. The smallest absolute Gasteiger partial charge is 0.434 e. The average Bonchev–Trinajstić information content (AvgIpc) is 2.23. The first-order valence-electron chi connectivity index (χ1n) is 5.03. The van der Waals surface area contributed by atoms with Crippen LogP contribution in [-0.4, -0.2) is 24.2 Å². The molecule has 0 fully saturated rings. The minimum atomic E-state index is -5.64. The van der Waals surface area contributed by atoms with Crippen molar-refractivity contribution in [1.82, 2.24) is 0 Å². The molecule has 20 heavy (non-hydrogen) atoms. The van der Waals surface area contributed by atoms with Crippen LogP contribution < -0.4 is 4.74 Å². The molecule has 0 heterocycles. The second-order valence-electron chi connectivity index (χ2n) is 3.78. The van der Waals surface area contributed by atoms with Gasteiger partial charge in [-0.25, -0.2) is 0 Å². The summed E-state index contributed by atoms with van der Waals surface area (Å²) < 4.78 is 77.7. The van der Waals surface area contributed by atoms with Crippen LogP contribution in [0.3, 0.4) is 0 Å². The standard InChI is InChI=1S/C11H7ClF6O2/c1-5(19)6-2-3-8(7(12)4-6)20-9(10(13,14)15)11(16,17)18/h2-4,9H,1H3. The number of benzene rings is 1. The van der Waals surface area contributed by atoms with E-state index in [0.717, 1.165) is 18.2 Å². The lowest BCUT2D eigenvalue weighted by atomic mass is 10.1. The lowest BCUT2D eigenvalue weighted by molar-refractivity contribution is -0.299. The third-order valence-electron chi connectivity index (χ3n) is 2.18. The Morgan fingerprint density at radius 2 is 1.65 bits per heavy atom. The monoisotopic (exact) mass is 320 g/mol.